The van der Waals surface area contributed by atoms with Crippen LogP contribution in [-0.4, -0.2) is 57.3 Å². The Kier molecular flexibility index (Phi) is 4.56. The van der Waals surface area contributed by atoms with Gasteiger partial charge in [0.2, 0.25) is 11.0 Å². The molecule has 0 saturated carbocycles. The van der Waals surface area contributed by atoms with Crippen LogP contribution in [0.25, 0.3) is 0 Å². The molecule has 7 nitrogen and oxygen atoms in total. The topological polar surface area (TPSA) is 78.4 Å². The third-order valence-electron chi connectivity index (χ3n) is 4.20. The van der Waals surface area contributed by atoms with Crippen LogP contribution in [0.1, 0.15) is 31.5 Å². The molecule has 0 aromatic carbocycles. The van der Waals surface area contributed by atoms with Gasteiger partial charge in [-0.1, -0.05) is 0 Å². The van der Waals surface area contributed by atoms with E-state index in [1.54, 1.807) is 6.92 Å². The fourth-order valence-corrected chi connectivity index (χ4v) is 3.69. The number of aromatic nitrogens is 2. The summed E-state index contributed by atoms with van der Waals surface area (Å²) in [7, 11) is 0. The molecule has 1 atom stereocenters. The molecule has 2 aliphatic heterocycles. The predicted molar refractivity (Wildman–Crippen MR) is 83.8 cm³/mol. The number of hydrogen-bond acceptors (Lipinski definition) is 5. The standard InChI is InChI=1S/C14H21N5O2S/c1-10-15-13(22-17-10)16-14(21)19-7-2-4-11(9-19)8-18-6-3-5-12(18)20/h11H,2-9H2,1H3,(H,15,16,17,21)/t11-/m1/s1. The summed E-state index contributed by atoms with van der Waals surface area (Å²) in [6.07, 6.45) is 3.69. The monoisotopic (exact) mass is 323 g/mol. The maximum atomic E-state index is 12.3. The maximum absolute atomic E-state index is 12.3. The number of aryl methyl sites for hydroxylation is 1. The average molecular weight is 323 g/mol. The first-order valence-electron chi connectivity index (χ1n) is 7.76. The second-order valence-corrected chi connectivity index (χ2v) is 6.73. The van der Waals surface area contributed by atoms with E-state index in [-0.39, 0.29) is 11.9 Å². The quantitative estimate of drug-likeness (QED) is 0.918. The van der Waals surface area contributed by atoms with Gasteiger partial charge in [-0.15, -0.1) is 0 Å². The minimum Gasteiger partial charge on any atom is -0.342 e. The summed E-state index contributed by atoms with van der Waals surface area (Å²) in [5.41, 5.74) is 0. The van der Waals surface area contributed by atoms with Crippen molar-refractivity contribution in [2.45, 2.75) is 32.6 Å². The Labute approximate surface area is 133 Å². The number of anilines is 1. The molecule has 0 bridgehead atoms. The number of piperidine rings is 1. The van der Waals surface area contributed by atoms with Gasteiger partial charge in [0, 0.05) is 44.1 Å². The van der Waals surface area contributed by atoms with Gasteiger partial charge in [-0.2, -0.15) is 4.37 Å². The van der Waals surface area contributed by atoms with Crippen LogP contribution in [-0.2, 0) is 4.79 Å². The molecule has 2 saturated heterocycles. The Balaban J connectivity index is 1.53. The third kappa shape index (κ3) is 3.55. The minimum atomic E-state index is -0.117. The highest BCUT2D eigenvalue weighted by Crippen LogP contribution is 2.21. The molecule has 2 aliphatic rings. The zero-order valence-electron chi connectivity index (χ0n) is 12.7. The average Bonchev–Trinajstić information content (AvgIpc) is 3.08. The summed E-state index contributed by atoms with van der Waals surface area (Å²) >= 11 is 1.20. The number of amides is 3. The molecular weight excluding hydrogens is 302 g/mol. The van der Waals surface area contributed by atoms with Crippen molar-refractivity contribution in [3.05, 3.63) is 5.82 Å². The van der Waals surface area contributed by atoms with Crippen LogP contribution in [0.4, 0.5) is 9.93 Å². The molecule has 3 amide bonds. The van der Waals surface area contributed by atoms with E-state index >= 15 is 0 Å². The van der Waals surface area contributed by atoms with Gasteiger partial charge >= 0.3 is 6.03 Å². The van der Waals surface area contributed by atoms with Crippen LogP contribution in [0.5, 0.6) is 0 Å². The normalized spacial score (nSPS) is 22.2. The van der Waals surface area contributed by atoms with E-state index in [4.69, 9.17) is 0 Å². The number of carbonyl (C=O) groups excluding carboxylic acids is 2. The maximum Gasteiger partial charge on any atom is 0.323 e. The third-order valence-corrected chi connectivity index (χ3v) is 4.92. The Morgan fingerprint density at radius 2 is 2.27 bits per heavy atom. The molecule has 1 aromatic rings. The van der Waals surface area contributed by atoms with Crippen molar-refractivity contribution in [3.63, 3.8) is 0 Å². The smallest absolute Gasteiger partial charge is 0.323 e. The fourth-order valence-electron chi connectivity index (χ4n) is 3.13. The largest absolute Gasteiger partial charge is 0.342 e. The van der Waals surface area contributed by atoms with Gasteiger partial charge in [-0.25, -0.2) is 9.78 Å². The van der Waals surface area contributed by atoms with Gasteiger partial charge in [0.15, 0.2) is 0 Å². The van der Waals surface area contributed by atoms with Crippen molar-refractivity contribution in [2.75, 3.05) is 31.5 Å². The van der Waals surface area contributed by atoms with Crippen LogP contribution in [0.15, 0.2) is 0 Å². The minimum absolute atomic E-state index is 0.117. The van der Waals surface area contributed by atoms with E-state index in [1.807, 2.05) is 9.80 Å². The van der Waals surface area contributed by atoms with Gasteiger partial charge in [-0.3, -0.25) is 10.1 Å². The van der Waals surface area contributed by atoms with Crippen molar-refractivity contribution in [1.82, 2.24) is 19.2 Å². The summed E-state index contributed by atoms with van der Waals surface area (Å²) < 4.78 is 4.06. The molecule has 1 N–H and O–H groups in total. The Bertz CT molecular complexity index is 561. The highest BCUT2D eigenvalue weighted by Gasteiger charge is 2.28. The van der Waals surface area contributed by atoms with Crippen LogP contribution >= 0.6 is 11.5 Å². The van der Waals surface area contributed by atoms with Crippen molar-refractivity contribution >= 4 is 28.6 Å². The van der Waals surface area contributed by atoms with Crippen LogP contribution in [0.3, 0.4) is 0 Å². The van der Waals surface area contributed by atoms with Gasteiger partial charge in [0.25, 0.3) is 0 Å². The number of nitrogens with zero attached hydrogens (tertiary/aromatic N) is 4. The molecule has 22 heavy (non-hydrogen) atoms. The van der Waals surface area contributed by atoms with E-state index < -0.39 is 0 Å². The van der Waals surface area contributed by atoms with E-state index in [0.717, 1.165) is 38.9 Å². The molecule has 0 aliphatic carbocycles. The number of rotatable bonds is 3. The molecule has 1 aromatic heterocycles. The molecule has 0 unspecified atom stereocenters. The lowest BCUT2D eigenvalue weighted by Crippen LogP contribution is -2.45. The van der Waals surface area contributed by atoms with Gasteiger partial charge in [0.1, 0.15) is 5.82 Å². The fraction of sp³-hybridized carbons (Fsp3) is 0.714. The van der Waals surface area contributed by atoms with Crippen LogP contribution in [0.2, 0.25) is 0 Å². The van der Waals surface area contributed by atoms with E-state index in [0.29, 0.717) is 29.8 Å². The van der Waals surface area contributed by atoms with Crippen molar-refractivity contribution in [2.24, 2.45) is 5.92 Å². The molecule has 120 valence electrons. The highest BCUT2D eigenvalue weighted by molar-refractivity contribution is 7.09. The zero-order valence-corrected chi connectivity index (χ0v) is 13.6. The molecule has 0 radical (unpaired) electrons. The number of nitrogens with one attached hydrogen (secondary N) is 1. The second-order valence-electron chi connectivity index (χ2n) is 5.97. The lowest BCUT2D eigenvalue weighted by molar-refractivity contribution is -0.128. The zero-order chi connectivity index (χ0) is 15.5. The highest BCUT2D eigenvalue weighted by atomic mass is 32.1. The lowest BCUT2D eigenvalue weighted by atomic mass is 9.98. The number of likely N-dealkylation sites (tertiary alicyclic amines) is 2. The Morgan fingerprint density at radius 3 is 2.95 bits per heavy atom. The molecule has 3 heterocycles. The second kappa shape index (κ2) is 6.60. The summed E-state index contributed by atoms with van der Waals surface area (Å²) in [5, 5.41) is 3.35. The Morgan fingerprint density at radius 1 is 1.41 bits per heavy atom. The van der Waals surface area contributed by atoms with E-state index in [9.17, 15) is 9.59 Å². The first kappa shape index (κ1) is 15.2. The first-order chi connectivity index (χ1) is 10.6. The van der Waals surface area contributed by atoms with Crippen molar-refractivity contribution in [1.29, 1.82) is 0 Å². The van der Waals surface area contributed by atoms with E-state index in [1.165, 1.54) is 11.5 Å². The first-order valence-corrected chi connectivity index (χ1v) is 8.53. The lowest BCUT2D eigenvalue weighted by Gasteiger charge is -2.34. The summed E-state index contributed by atoms with van der Waals surface area (Å²) in [5.74, 6) is 1.30. The summed E-state index contributed by atoms with van der Waals surface area (Å²) in [4.78, 5) is 31.9. The number of carbonyl (C=O) groups is 2. The van der Waals surface area contributed by atoms with Gasteiger partial charge in [0.05, 0.1) is 0 Å². The van der Waals surface area contributed by atoms with Crippen LogP contribution < -0.4 is 5.32 Å². The molecular formula is C14H21N5O2S. The summed E-state index contributed by atoms with van der Waals surface area (Å²) in [6.45, 7) is 4.91. The SMILES string of the molecule is Cc1nsc(NC(=O)N2CCC[C@H](CN3CCCC3=O)C2)n1. The van der Waals surface area contributed by atoms with Crippen molar-refractivity contribution in [3.8, 4) is 0 Å². The van der Waals surface area contributed by atoms with Gasteiger partial charge < -0.3 is 9.80 Å². The van der Waals surface area contributed by atoms with Crippen molar-refractivity contribution < 1.29 is 9.59 Å². The number of urea groups is 1. The van der Waals surface area contributed by atoms with Crippen LogP contribution in [0, 0.1) is 12.8 Å². The summed E-state index contributed by atoms with van der Waals surface area (Å²) in [6, 6.07) is -0.117. The molecule has 2 fully saturated rings. The molecule has 3 rings (SSSR count). The number of hydrogen-bond donors (Lipinski definition) is 1. The predicted octanol–water partition coefficient (Wildman–Crippen LogP) is 1.71. The Hall–Kier alpha value is -1.70. The van der Waals surface area contributed by atoms with E-state index in [2.05, 4.69) is 14.7 Å². The molecule has 8 heteroatoms. The molecule has 0 spiro atoms. The van der Waals surface area contributed by atoms with Gasteiger partial charge in [-0.05, 0) is 32.1 Å².